The third-order valence-corrected chi connectivity index (χ3v) is 8.72. The average molecular weight is 534 g/mol. The summed E-state index contributed by atoms with van der Waals surface area (Å²) < 4.78 is 47.8. The van der Waals surface area contributed by atoms with Crippen LogP contribution in [0.25, 0.3) is 10.1 Å². The molecule has 0 saturated carbocycles. The highest BCUT2D eigenvalue weighted by molar-refractivity contribution is 7.87. The first kappa shape index (κ1) is 25.1. The number of hydrogen-bond acceptors (Lipinski definition) is 6. The van der Waals surface area contributed by atoms with Gasteiger partial charge in [-0.05, 0) is 79.4 Å². The number of ether oxygens (including phenoxy) is 1. The Bertz CT molecular complexity index is 1510. The maximum absolute atomic E-state index is 13.1. The molecule has 6 nitrogen and oxygen atoms in total. The minimum Gasteiger partial charge on any atom is -0.457 e. The van der Waals surface area contributed by atoms with E-state index in [-0.39, 0.29) is 11.7 Å². The third kappa shape index (κ3) is 5.33. The van der Waals surface area contributed by atoms with Gasteiger partial charge in [-0.3, -0.25) is 8.98 Å². The number of benzene rings is 3. The summed E-state index contributed by atoms with van der Waals surface area (Å²) in [5.41, 5.74) is 0.971. The molecule has 0 unspecified atom stereocenters. The minimum absolute atomic E-state index is 0.350. The molecular formula is C25H21ClFNO5S2. The molecule has 1 aromatic heterocycles. The van der Waals surface area contributed by atoms with Crippen molar-refractivity contribution >= 4 is 54.7 Å². The molecule has 35 heavy (non-hydrogen) atoms. The van der Waals surface area contributed by atoms with E-state index in [0.717, 1.165) is 17.2 Å². The van der Waals surface area contributed by atoms with Gasteiger partial charge in [-0.25, -0.2) is 4.39 Å². The molecule has 0 saturated heterocycles. The summed E-state index contributed by atoms with van der Waals surface area (Å²) in [5, 5.41) is 3.89. The molecule has 182 valence electrons. The summed E-state index contributed by atoms with van der Waals surface area (Å²) in [7, 11) is -2.69. The first-order valence-corrected chi connectivity index (χ1v) is 13.0. The molecule has 4 aromatic rings. The third-order valence-electron chi connectivity index (χ3n) is 5.46. The molecule has 0 aliphatic rings. The number of amides is 1. The topological polar surface area (TPSA) is 81.7 Å². The highest BCUT2D eigenvalue weighted by Crippen LogP contribution is 2.35. The number of hydrogen-bond donors (Lipinski definition) is 1. The summed E-state index contributed by atoms with van der Waals surface area (Å²) in [6.45, 7) is 3.13. The Morgan fingerprint density at radius 3 is 2.40 bits per heavy atom. The summed E-state index contributed by atoms with van der Waals surface area (Å²) in [4.78, 5) is 13.4. The lowest BCUT2D eigenvalue weighted by molar-refractivity contribution is 0.103. The predicted molar refractivity (Wildman–Crippen MR) is 137 cm³/mol. The number of halogens is 2. The number of rotatable bonds is 7. The van der Waals surface area contributed by atoms with Crippen LogP contribution in [0.2, 0.25) is 5.02 Å². The first-order chi connectivity index (χ1) is 16.5. The Morgan fingerprint density at radius 1 is 1.00 bits per heavy atom. The summed E-state index contributed by atoms with van der Waals surface area (Å²) in [6, 6.07) is 17.2. The molecule has 10 heteroatoms. The van der Waals surface area contributed by atoms with Crippen molar-refractivity contribution in [3.05, 3.63) is 88.0 Å². The summed E-state index contributed by atoms with van der Waals surface area (Å²) in [5.74, 6) is 0.0638. The molecule has 0 aliphatic carbocycles. The maximum Gasteiger partial charge on any atom is 0.276 e. The number of thiophene rings is 1. The average Bonchev–Trinajstić information content (AvgIpc) is 3.24. The fourth-order valence-corrected chi connectivity index (χ4v) is 5.40. The second kappa shape index (κ2) is 9.58. The molecule has 1 N–H and O–H groups in total. The highest BCUT2D eigenvalue weighted by atomic mass is 35.5. The van der Waals surface area contributed by atoms with Gasteiger partial charge in [0.2, 0.25) is 0 Å². The van der Waals surface area contributed by atoms with E-state index in [0.29, 0.717) is 32.6 Å². The molecule has 0 bridgehead atoms. The number of anilines is 1. The molecule has 0 fully saturated rings. The molecule has 3 aromatic carbocycles. The van der Waals surface area contributed by atoms with E-state index in [1.54, 1.807) is 56.3 Å². The Hall–Kier alpha value is -2.98. The van der Waals surface area contributed by atoms with Gasteiger partial charge in [-0.1, -0.05) is 17.7 Å². The van der Waals surface area contributed by atoms with Crippen molar-refractivity contribution in [2.45, 2.75) is 18.6 Å². The van der Waals surface area contributed by atoms with Crippen LogP contribution in [-0.4, -0.2) is 21.4 Å². The highest BCUT2D eigenvalue weighted by Gasteiger charge is 2.36. The molecule has 0 aliphatic heterocycles. The number of carbonyl (C=O) groups is 1. The Morgan fingerprint density at radius 2 is 1.71 bits per heavy atom. The van der Waals surface area contributed by atoms with Crippen LogP contribution in [0.3, 0.4) is 0 Å². The standard InChI is InChI=1S/C25H21ClFNO5S2/c1-25(2,35(30,31)32-3)16-4-9-22-15(10-16)11-23(34-22)24(29)28-19-12-17(26)13-21(14-19)33-20-7-5-18(27)6-8-20/h4-14H,1-3H3,(H,28,29). The van der Waals surface area contributed by atoms with Crippen molar-refractivity contribution in [3.63, 3.8) is 0 Å². The lowest BCUT2D eigenvalue weighted by Crippen LogP contribution is -2.30. The Balaban J connectivity index is 1.57. The second-order valence-electron chi connectivity index (χ2n) is 8.18. The SMILES string of the molecule is COS(=O)(=O)C(C)(C)c1ccc2sc(C(=O)Nc3cc(Cl)cc(Oc4ccc(F)cc4)c3)cc2c1. The van der Waals surface area contributed by atoms with Crippen molar-refractivity contribution in [2.75, 3.05) is 12.4 Å². The summed E-state index contributed by atoms with van der Waals surface area (Å²) in [6.07, 6.45) is 0. The predicted octanol–water partition coefficient (Wildman–Crippen LogP) is 6.95. The minimum atomic E-state index is -3.82. The van der Waals surface area contributed by atoms with E-state index in [1.807, 2.05) is 0 Å². The number of carbonyl (C=O) groups excluding carboxylic acids is 1. The lowest BCUT2D eigenvalue weighted by Gasteiger charge is -2.23. The van der Waals surface area contributed by atoms with Gasteiger partial charge in [0.15, 0.2) is 0 Å². The smallest absolute Gasteiger partial charge is 0.276 e. The number of nitrogens with one attached hydrogen (secondary N) is 1. The van der Waals surface area contributed by atoms with E-state index in [2.05, 4.69) is 5.32 Å². The van der Waals surface area contributed by atoms with E-state index >= 15 is 0 Å². The van der Waals surface area contributed by atoms with Crippen molar-refractivity contribution in [3.8, 4) is 11.5 Å². The van der Waals surface area contributed by atoms with E-state index < -0.39 is 14.9 Å². The van der Waals surface area contributed by atoms with Crippen LogP contribution >= 0.6 is 22.9 Å². The van der Waals surface area contributed by atoms with Gasteiger partial charge in [0.1, 0.15) is 22.1 Å². The molecule has 1 heterocycles. The number of fused-ring (bicyclic) bond motifs is 1. The van der Waals surface area contributed by atoms with Gasteiger partial charge < -0.3 is 10.1 Å². The van der Waals surface area contributed by atoms with Gasteiger partial charge in [-0.15, -0.1) is 11.3 Å². The van der Waals surface area contributed by atoms with Crippen molar-refractivity contribution in [1.29, 1.82) is 0 Å². The molecular weight excluding hydrogens is 513 g/mol. The zero-order chi connectivity index (χ0) is 25.4. The van der Waals surface area contributed by atoms with Crippen LogP contribution in [0, 0.1) is 5.82 Å². The first-order valence-electron chi connectivity index (χ1n) is 10.4. The van der Waals surface area contributed by atoms with E-state index in [1.165, 1.54) is 35.6 Å². The fraction of sp³-hybridized carbons (Fsp3) is 0.160. The van der Waals surface area contributed by atoms with Crippen molar-refractivity contribution in [2.24, 2.45) is 0 Å². The van der Waals surface area contributed by atoms with Gasteiger partial charge in [0, 0.05) is 21.5 Å². The van der Waals surface area contributed by atoms with Gasteiger partial charge in [0.05, 0.1) is 12.0 Å². The van der Waals surface area contributed by atoms with Crippen molar-refractivity contribution in [1.82, 2.24) is 0 Å². The van der Waals surface area contributed by atoms with Crippen LogP contribution in [0.1, 0.15) is 29.1 Å². The zero-order valence-corrected chi connectivity index (χ0v) is 21.4. The van der Waals surface area contributed by atoms with Crippen LogP contribution in [0.5, 0.6) is 11.5 Å². The maximum atomic E-state index is 13.1. The van der Waals surface area contributed by atoms with Gasteiger partial charge >= 0.3 is 0 Å². The normalized spacial score (nSPS) is 12.0. The van der Waals surface area contributed by atoms with E-state index in [9.17, 15) is 17.6 Å². The van der Waals surface area contributed by atoms with E-state index in [4.69, 9.17) is 20.5 Å². The van der Waals surface area contributed by atoms with Gasteiger partial charge in [0.25, 0.3) is 16.0 Å². The van der Waals surface area contributed by atoms with Crippen LogP contribution < -0.4 is 10.1 Å². The quantitative estimate of drug-likeness (QED) is 0.260. The van der Waals surface area contributed by atoms with Crippen molar-refractivity contribution < 1.29 is 26.5 Å². The molecule has 4 rings (SSSR count). The molecule has 0 atom stereocenters. The largest absolute Gasteiger partial charge is 0.457 e. The zero-order valence-electron chi connectivity index (χ0n) is 19.0. The van der Waals surface area contributed by atoms with Crippen LogP contribution in [-0.2, 0) is 19.0 Å². The van der Waals surface area contributed by atoms with Gasteiger partial charge in [-0.2, -0.15) is 8.42 Å². The summed E-state index contributed by atoms with van der Waals surface area (Å²) >= 11 is 7.47. The Kier molecular flexibility index (Phi) is 6.88. The van der Waals surface area contributed by atoms with Crippen LogP contribution in [0.15, 0.2) is 66.7 Å². The molecule has 0 spiro atoms. The fourth-order valence-electron chi connectivity index (χ4n) is 3.41. The molecule has 0 radical (unpaired) electrons. The Labute approximate surface area is 211 Å². The second-order valence-corrected chi connectivity index (χ2v) is 12.0. The lowest BCUT2D eigenvalue weighted by atomic mass is 10.0. The monoisotopic (exact) mass is 533 g/mol. The molecule has 1 amide bonds. The van der Waals surface area contributed by atoms with Crippen LogP contribution in [0.4, 0.5) is 10.1 Å².